The summed E-state index contributed by atoms with van der Waals surface area (Å²) in [6.07, 6.45) is 5.45. The van der Waals surface area contributed by atoms with Crippen molar-refractivity contribution in [1.29, 1.82) is 0 Å². The molecule has 0 bridgehead atoms. The van der Waals surface area contributed by atoms with Crippen molar-refractivity contribution in [1.82, 2.24) is 4.90 Å². The standard InChI is InChI=1S/C16H20Cl2N2O3/c1-20(11-5-3-2-4-6-11)14(21)9-23-16(22)12-7-10(17)8-13(18)15(12)19/h7-8,11H,2-6,9,19H2,1H3. The van der Waals surface area contributed by atoms with Crippen LogP contribution in [0.25, 0.3) is 0 Å². The molecule has 0 atom stereocenters. The average Bonchev–Trinajstić information content (AvgIpc) is 2.55. The Balaban J connectivity index is 1.94. The zero-order chi connectivity index (χ0) is 17.0. The molecule has 0 radical (unpaired) electrons. The van der Waals surface area contributed by atoms with Crippen LogP contribution >= 0.6 is 23.2 Å². The molecule has 1 amide bonds. The molecule has 2 N–H and O–H groups in total. The Hall–Kier alpha value is -1.46. The summed E-state index contributed by atoms with van der Waals surface area (Å²) < 4.78 is 5.07. The van der Waals surface area contributed by atoms with Crippen molar-refractivity contribution in [3.8, 4) is 0 Å². The second-order valence-corrected chi connectivity index (χ2v) is 6.57. The molecule has 23 heavy (non-hydrogen) atoms. The van der Waals surface area contributed by atoms with Crippen molar-refractivity contribution in [3.05, 3.63) is 27.7 Å². The summed E-state index contributed by atoms with van der Waals surface area (Å²) in [6.45, 7) is -0.324. The van der Waals surface area contributed by atoms with Crippen LogP contribution in [0, 0.1) is 0 Å². The number of nitrogen functional groups attached to an aromatic ring is 1. The number of hydrogen-bond acceptors (Lipinski definition) is 4. The summed E-state index contributed by atoms with van der Waals surface area (Å²) >= 11 is 11.7. The number of rotatable bonds is 4. The number of carbonyl (C=O) groups is 2. The summed E-state index contributed by atoms with van der Waals surface area (Å²) in [5.74, 6) is -0.936. The Bertz CT molecular complexity index is 601. The van der Waals surface area contributed by atoms with Gasteiger partial charge in [-0.25, -0.2) is 4.79 Å². The van der Waals surface area contributed by atoms with E-state index in [-0.39, 0.29) is 39.9 Å². The number of amides is 1. The first-order valence-corrected chi connectivity index (χ1v) is 8.33. The lowest BCUT2D eigenvalue weighted by Crippen LogP contribution is -2.40. The number of anilines is 1. The van der Waals surface area contributed by atoms with Crippen LogP contribution in [0.3, 0.4) is 0 Å². The van der Waals surface area contributed by atoms with Gasteiger partial charge in [0.25, 0.3) is 5.91 Å². The van der Waals surface area contributed by atoms with Crippen LogP contribution in [0.15, 0.2) is 12.1 Å². The highest BCUT2D eigenvalue weighted by Gasteiger charge is 2.23. The molecular formula is C16H20Cl2N2O3. The van der Waals surface area contributed by atoms with Gasteiger partial charge in [0.15, 0.2) is 6.61 Å². The molecule has 2 rings (SSSR count). The minimum atomic E-state index is -0.711. The number of hydrogen-bond donors (Lipinski definition) is 1. The normalized spacial score (nSPS) is 15.3. The molecule has 0 saturated heterocycles. The third-order valence-electron chi connectivity index (χ3n) is 4.16. The fraction of sp³-hybridized carbons (Fsp3) is 0.500. The summed E-state index contributed by atoms with van der Waals surface area (Å²) in [5.41, 5.74) is 5.91. The first kappa shape index (κ1) is 17.9. The van der Waals surface area contributed by atoms with E-state index in [2.05, 4.69) is 0 Å². The Morgan fingerprint density at radius 1 is 1.26 bits per heavy atom. The lowest BCUT2D eigenvalue weighted by molar-refractivity contribution is -0.135. The lowest BCUT2D eigenvalue weighted by atomic mass is 9.94. The summed E-state index contributed by atoms with van der Waals surface area (Å²) in [5, 5.41) is 0.455. The number of likely N-dealkylation sites (N-methyl/N-ethyl adjacent to an activating group) is 1. The van der Waals surface area contributed by atoms with Gasteiger partial charge in [0.1, 0.15) is 0 Å². The summed E-state index contributed by atoms with van der Waals surface area (Å²) in [7, 11) is 1.75. The van der Waals surface area contributed by atoms with Crippen molar-refractivity contribution in [3.63, 3.8) is 0 Å². The molecule has 0 spiro atoms. The van der Waals surface area contributed by atoms with Gasteiger partial charge in [-0.05, 0) is 25.0 Å². The predicted octanol–water partition coefficient (Wildman–Crippen LogP) is 3.52. The average molecular weight is 359 g/mol. The van der Waals surface area contributed by atoms with Gasteiger partial charge in [0.05, 0.1) is 16.3 Å². The fourth-order valence-electron chi connectivity index (χ4n) is 2.73. The van der Waals surface area contributed by atoms with E-state index in [4.69, 9.17) is 33.7 Å². The highest BCUT2D eigenvalue weighted by Crippen LogP contribution is 2.28. The van der Waals surface area contributed by atoms with Gasteiger partial charge in [-0.1, -0.05) is 42.5 Å². The largest absolute Gasteiger partial charge is 0.452 e. The van der Waals surface area contributed by atoms with Crippen molar-refractivity contribution >= 4 is 40.8 Å². The van der Waals surface area contributed by atoms with Crippen LogP contribution in [0.5, 0.6) is 0 Å². The van der Waals surface area contributed by atoms with Crippen molar-refractivity contribution in [2.75, 3.05) is 19.4 Å². The van der Waals surface area contributed by atoms with Gasteiger partial charge in [-0.2, -0.15) is 0 Å². The number of benzene rings is 1. The van der Waals surface area contributed by atoms with Gasteiger partial charge in [0, 0.05) is 18.1 Å². The zero-order valence-corrected chi connectivity index (χ0v) is 14.5. The monoisotopic (exact) mass is 358 g/mol. The maximum atomic E-state index is 12.2. The minimum absolute atomic E-state index is 0.0654. The highest BCUT2D eigenvalue weighted by atomic mass is 35.5. The van der Waals surface area contributed by atoms with E-state index >= 15 is 0 Å². The number of halogens is 2. The molecular weight excluding hydrogens is 339 g/mol. The van der Waals surface area contributed by atoms with Gasteiger partial charge >= 0.3 is 5.97 Å². The fourth-order valence-corrected chi connectivity index (χ4v) is 3.23. The van der Waals surface area contributed by atoms with Crippen LogP contribution in [-0.4, -0.2) is 36.5 Å². The number of esters is 1. The number of nitrogens with zero attached hydrogens (tertiary/aromatic N) is 1. The second-order valence-electron chi connectivity index (χ2n) is 5.72. The molecule has 126 valence electrons. The molecule has 0 aliphatic heterocycles. The van der Waals surface area contributed by atoms with E-state index in [9.17, 15) is 9.59 Å². The predicted molar refractivity (Wildman–Crippen MR) is 90.8 cm³/mol. The third kappa shape index (κ3) is 4.52. The maximum absolute atomic E-state index is 12.2. The van der Waals surface area contributed by atoms with Gasteiger partial charge in [-0.3, -0.25) is 4.79 Å². The Kier molecular flexibility index (Phi) is 6.13. The highest BCUT2D eigenvalue weighted by molar-refractivity contribution is 6.37. The molecule has 1 saturated carbocycles. The van der Waals surface area contributed by atoms with E-state index in [0.717, 1.165) is 25.7 Å². The molecule has 1 aliphatic rings. The maximum Gasteiger partial charge on any atom is 0.340 e. The smallest absolute Gasteiger partial charge is 0.340 e. The first-order valence-electron chi connectivity index (χ1n) is 7.57. The molecule has 1 fully saturated rings. The SMILES string of the molecule is CN(C(=O)COC(=O)c1cc(Cl)cc(Cl)c1N)C1CCCCC1. The number of nitrogens with two attached hydrogens (primary N) is 1. The van der Waals surface area contributed by atoms with E-state index in [0.29, 0.717) is 0 Å². The topological polar surface area (TPSA) is 72.6 Å². The van der Waals surface area contributed by atoms with E-state index in [1.54, 1.807) is 11.9 Å². The van der Waals surface area contributed by atoms with Crippen LogP contribution in [-0.2, 0) is 9.53 Å². The van der Waals surface area contributed by atoms with Crippen molar-refractivity contribution in [2.45, 2.75) is 38.1 Å². The Labute approximate surface area is 145 Å². The van der Waals surface area contributed by atoms with Gasteiger partial charge in [-0.15, -0.1) is 0 Å². The lowest BCUT2D eigenvalue weighted by Gasteiger charge is -2.31. The quantitative estimate of drug-likeness (QED) is 0.659. The molecule has 0 unspecified atom stereocenters. The third-order valence-corrected chi connectivity index (χ3v) is 4.69. The van der Waals surface area contributed by atoms with Crippen molar-refractivity contribution < 1.29 is 14.3 Å². The van der Waals surface area contributed by atoms with Crippen LogP contribution in [0.1, 0.15) is 42.5 Å². The Morgan fingerprint density at radius 3 is 2.57 bits per heavy atom. The van der Waals surface area contributed by atoms with E-state index in [1.165, 1.54) is 18.6 Å². The minimum Gasteiger partial charge on any atom is -0.452 e. The van der Waals surface area contributed by atoms with Crippen LogP contribution in [0.2, 0.25) is 10.0 Å². The molecule has 5 nitrogen and oxygen atoms in total. The molecule has 1 aromatic carbocycles. The zero-order valence-electron chi connectivity index (χ0n) is 13.0. The second kappa shape index (κ2) is 7.88. The van der Waals surface area contributed by atoms with Crippen molar-refractivity contribution in [2.24, 2.45) is 0 Å². The van der Waals surface area contributed by atoms with Gasteiger partial charge in [0.2, 0.25) is 0 Å². The Morgan fingerprint density at radius 2 is 1.91 bits per heavy atom. The molecule has 0 heterocycles. The molecule has 0 aromatic heterocycles. The van der Waals surface area contributed by atoms with E-state index < -0.39 is 5.97 Å². The van der Waals surface area contributed by atoms with E-state index in [1.807, 2.05) is 0 Å². The number of carbonyl (C=O) groups excluding carboxylic acids is 2. The van der Waals surface area contributed by atoms with Crippen LogP contribution < -0.4 is 5.73 Å². The first-order chi connectivity index (χ1) is 10.9. The molecule has 1 aliphatic carbocycles. The summed E-state index contributed by atoms with van der Waals surface area (Å²) in [6, 6.07) is 3.04. The molecule has 1 aromatic rings. The van der Waals surface area contributed by atoms with Gasteiger partial charge < -0.3 is 15.4 Å². The number of ether oxygens (including phenoxy) is 1. The molecule has 7 heteroatoms. The summed E-state index contributed by atoms with van der Waals surface area (Å²) in [4.78, 5) is 25.9. The van der Waals surface area contributed by atoms with Crippen LogP contribution in [0.4, 0.5) is 5.69 Å².